The molecule has 1 aliphatic carbocycles. The molecule has 1 aliphatic rings. The van der Waals surface area contributed by atoms with Gasteiger partial charge in [-0.15, -0.1) is 30.4 Å². The van der Waals surface area contributed by atoms with Gasteiger partial charge in [0.2, 0.25) is 0 Å². The Bertz CT molecular complexity index is 327. The van der Waals surface area contributed by atoms with Crippen molar-refractivity contribution in [3.05, 3.63) is 0 Å². The van der Waals surface area contributed by atoms with Gasteiger partial charge in [0.1, 0.15) is 0 Å². The molecule has 0 aromatic rings. The average molecular weight is 379 g/mol. The van der Waals surface area contributed by atoms with Crippen LogP contribution in [-0.2, 0) is 0 Å². The lowest BCUT2D eigenvalue weighted by atomic mass is 9.73. The highest BCUT2D eigenvalue weighted by Crippen LogP contribution is 2.36. The van der Waals surface area contributed by atoms with E-state index >= 15 is 0 Å². The van der Waals surface area contributed by atoms with Gasteiger partial charge in [-0.25, -0.2) is 0 Å². The summed E-state index contributed by atoms with van der Waals surface area (Å²) in [4.78, 5) is 4.54. The molecule has 1 saturated carbocycles. The van der Waals surface area contributed by atoms with E-state index in [2.05, 4.69) is 28.5 Å². The summed E-state index contributed by atoms with van der Waals surface area (Å²) in [6, 6.07) is 0. The monoisotopic (exact) mass is 379 g/mol. The van der Waals surface area contributed by atoms with Crippen molar-refractivity contribution in [2.24, 2.45) is 10.4 Å². The highest BCUT2D eigenvalue weighted by molar-refractivity contribution is 14.0. The summed E-state index contributed by atoms with van der Waals surface area (Å²) in [5.41, 5.74) is -0.100. The Kier molecular flexibility index (Phi) is 9.19. The topological polar surface area (TPSA) is 56.7 Å². The standard InChI is InChI=1S/C14H25N3O.HI/c1-4-10-16-13(15-5-2)17-11-14(3)9-7-6-8-12(14)18;/h1,12,18H,5-11H2,2-3H3,(H2,15,16,17);1H. The van der Waals surface area contributed by atoms with Gasteiger partial charge < -0.3 is 15.7 Å². The number of aliphatic hydroxyl groups is 1. The number of guanidine groups is 1. The number of nitrogens with one attached hydrogen (secondary N) is 2. The molecule has 0 aliphatic heterocycles. The number of terminal acetylenes is 1. The molecule has 0 aromatic heterocycles. The van der Waals surface area contributed by atoms with Crippen LogP contribution in [0.1, 0.15) is 39.5 Å². The second-order valence-corrected chi connectivity index (χ2v) is 5.17. The van der Waals surface area contributed by atoms with E-state index < -0.39 is 0 Å². The van der Waals surface area contributed by atoms with Gasteiger partial charge in [0.15, 0.2) is 5.96 Å². The normalized spacial score (nSPS) is 27.1. The lowest BCUT2D eigenvalue weighted by molar-refractivity contribution is 0.00717. The van der Waals surface area contributed by atoms with Gasteiger partial charge in [0.25, 0.3) is 0 Å². The molecule has 19 heavy (non-hydrogen) atoms. The predicted octanol–water partition coefficient (Wildman–Crippen LogP) is 1.73. The molecule has 3 N–H and O–H groups in total. The molecular weight excluding hydrogens is 353 g/mol. The van der Waals surface area contributed by atoms with Gasteiger partial charge >= 0.3 is 0 Å². The molecule has 0 aromatic carbocycles. The van der Waals surface area contributed by atoms with Crippen molar-refractivity contribution in [2.75, 3.05) is 19.6 Å². The van der Waals surface area contributed by atoms with Crippen LogP contribution < -0.4 is 10.6 Å². The third-order valence-corrected chi connectivity index (χ3v) is 3.58. The van der Waals surface area contributed by atoms with Crippen molar-refractivity contribution in [1.82, 2.24) is 10.6 Å². The first-order chi connectivity index (χ1) is 8.62. The van der Waals surface area contributed by atoms with Crippen LogP contribution >= 0.6 is 24.0 Å². The molecule has 0 heterocycles. The van der Waals surface area contributed by atoms with Crippen molar-refractivity contribution >= 4 is 29.9 Å². The first-order valence-electron chi connectivity index (χ1n) is 6.76. The molecule has 4 nitrogen and oxygen atoms in total. The van der Waals surface area contributed by atoms with Crippen molar-refractivity contribution < 1.29 is 5.11 Å². The Balaban J connectivity index is 0.00000324. The first kappa shape index (κ1) is 18.5. The van der Waals surface area contributed by atoms with E-state index in [-0.39, 0.29) is 35.5 Å². The van der Waals surface area contributed by atoms with Crippen LogP contribution in [0.4, 0.5) is 0 Å². The largest absolute Gasteiger partial charge is 0.392 e. The summed E-state index contributed by atoms with van der Waals surface area (Å²) in [7, 11) is 0. The Morgan fingerprint density at radius 2 is 2.21 bits per heavy atom. The highest BCUT2D eigenvalue weighted by atomic mass is 127. The maximum atomic E-state index is 10.1. The van der Waals surface area contributed by atoms with Crippen LogP contribution in [0.15, 0.2) is 4.99 Å². The minimum absolute atomic E-state index is 0. The summed E-state index contributed by atoms with van der Waals surface area (Å²) in [6.45, 7) is 6.03. The van der Waals surface area contributed by atoms with Crippen molar-refractivity contribution in [3.63, 3.8) is 0 Å². The molecule has 0 radical (unpaired) electrons. The Morgan fingerprint density at radius 1 is 1.47 bits per heavy atom. The van der Waals surface area contributed by atoms with E-state index in [0.29, 0.717) is 13.1 Å². The van der Waals surface area contributed by atoms with Crippen molar-refractivity contribution in [3.8, 4) is 12.3 Å². The second kappa shape index (κ2) is 9.43. The average Bonchev–Trinajstić information content (AvgIpc) is 2.37. The van der Waals surface area contributed by atoms with Crippen LogP contribution in [0.5, 0.6) is 0 Å². The fourth-order valence-electron chi connectivity index (χ4n) is 2.30. The van der Waals surface area contributed by atoms with Crippen LogP contribution in [0, 0.1) is 17.8 Å². The fourth-order valence-corrected chi connectivity index (χ4v) is 2.30. The molecule has 2 unspecified atom stereocenters. The predicted molar refractivity (Wildman–Crippen MR) is 90.8 cm³/mol. The summed E-state index contributed by atoms with van der Waals surface area (Å²) in [5.74, 6) is 3.26. The second-order valence-electron chi connectivity index (χ2n) is 5.17. The third-order valence-electron chi connectivity index (χ3n) is 3.58. The van der Waals surface area contributed by atoms with Crippen molar-refractivity contribution in [2.45, 2.75) is 45.6 Å². The Morgan fingerprint density at radius 3 is 2.79 bits per heavy atom. The minimum Gasteiger partial charge on any atom is -0.392 e. The third kappa shape index (κ3) is 6.00. The molecule has 1 fully saturated rings. The number of aliphatic imine (C=N–C) groups is 1. The van der Waals surface area contributed by atoms with E-state index in [0.717, 1.165) is 31.8 Å². The van der Waals surface area contributed by atoms with E-state index in [1.54, 1.807) is 0 Å². The summed E-state index contributed by atoms with van der Waals surface area (Å²) < 4.78 is 0. The number of aliphatic hydroxyl groups excluding tert-OH is 1. The molecule has 0 saturated heterocycles. The number of halogens is 1. The zero-order chi connectivity index (χ0) is 13.4. The van der Waals surface area contributed by atoms with Crippen molar-refractivity contribution in [1.29, 1.82) is 0 Å². The molecule has 0 spiro atoms. The zero-order valence-corrected chi connectivity index (χ0v) is 14.2. The Labute approximate surface area is 133 Å². The van der Waals surface area contributed by atoms with E-state index in [1.807, 2.05) is 6.92 Å². The van der Waals surface area contributed by atoms with E-state index in [9.17, 15) is 5.11 Å². The van der Waals surface area contributed by atoms with E-state index in [4.69, 9.17) is 6.42 Å². The van der Waals surface area contributed by atoms with E-state index in [1.165, 1.54) is 6.42 Å². The maximum Gasteiger partial charge on any atom is 0.192 e. The lowest BCUT2D eigenvalue weighted by Gasteiger charge is -2.37. The molecule has 5 heteroatoms. The quantitative estimate of drug-likeness (QED) is 0.302. The van der Waals surface area contributed by atoms with Gasteiger partial charge in [0, 0.05) is 12.0 Å². The molecule has 0 amide bonds. The van der Waals surface area contributed by atoms with Crippen LogP contribution in [0.25, 0.3) is 0 Å². The number of nitrogens with zero attached hydrogens (tertiary/aromatic N) is 1. The fraction of sp³-hybridized carbons (Fsp3) is 0.786. The smallest absolute Gasteiger partial charge is 0.192 e. The van der Waals surface area contributed by atoms with Gasteiger partial charge in [0.05, 0.1) is 19.2 Å². The molecule has 0 bridgehead atoms. The highest BCUT2D eigenvalue weighted by Gasteiger charge is 2.35. The SMILES string of the molecule is C#CCNC(=NCC1(C)CCCCC1O)NCC.I. The Hall–Kier alpha value is -0.480. The summed E-state index contributed by atoms with van der Waals surface area (Å²) in [6.07, 6.45) is 9.20. The molecule has 2 atom stereocenters. The van der Waals surface area contributed by atoms with Gasteiger partial charge in [-0.05, 0) is 19.8 Å². The van der Waals surface area contributed by atoms with Crippen LogP contribution in [-0.4, -0.2) is 36.8 Å². The summed E-state index contributed by atoms with van der Waals surface area (Å²) >= 11 is 0. The van der Waals surface area contributed by atoms with Crippen LogP contribution in [0.2, 0.25) is 0 Å². The number of rotatable bonds is 4. The van der Waals surface area contributed by atoms with Gasteiger partial charge in [-0.2, -0.15) is 0 Å². The first-order valence-corrected chi connectivity index (χ1v) is 6.76. The van der Waals surface area contributed by atoms with Gasteiger partial charge in [-0.1, -0.05) is 25.7 Å². The maximum absolute atomic E-state index is 10.1. The zero-order valence-electron chi connectivity index (χ0n) is 11.9. The number of hydrogen-bond acceptors (Lipinski definition) is 2. The van der Waals surface area contributed by atoms with Crippen LogP contribution in [0.3, 0.4) is 0 Å². The minimum atomic E-state index is -0.245. The summed E-state index contributed by atoms with van der Waals surface area (Å²) in [5, 5.41) is 16.3. The number of hydrogen-bond donors (Lipinski definition) is 3. The molecule has 1 rings (SSSR count). The van der Waals surface area contributed by atoms with Gasteiger partial charge in [-0.3, -0.25) is 4.99 Å². The lowest BCUT2D eigenvalue weighted by Crippen LogP contribution is -2.41. The molecule has 110 valence electrons. The molecular formula is C14H26IN3O.